The highest BCUT2D eigenvalue weighted by Gasteiger charge is 2.04. The standard InChI is InChI=1S/C21H44/c1-5-7-8-9-10-11-12-13-14-15-17-21(4)19-16-18-20(3)6-2/h20-21H,5-19H2,1-4H3/t20-,21+/m1/s1. The van der Waals surface area contributed by atoms with E-state index in [9.17, 15) is 0 Å². The second kappa shape index (κ2) is 16.4. The molecule has 0 aliphatic heterocycles. The van der Waals surface area contributed by atoms with Gasteiger partial charge in [0.05, 0.1) is 0 Å². The zero-order chi connectivity index (χ0) is 15.8. The summed E-state index contributed by atoms with van der Waals surface area (Å²) in [6.45, 7) is 9.47. The molecule has 0 fully saturated rings. The van der Waals surface area contributed by atoms with Gasteiger partial charge < -0.3 is 0 Å². The lowest BCUT2D eigenvalue weighted by atomic mass is 9.93. The molecule has 21 heavy (non-hydrogen) atoms. The summed E-state index contributed by atoms with van der Waals surface area (Å²) in [6.07, 6.45) is 21.8. The molecule has 0 aromatic heterocycles. The summed E-state index contributed by atoms with van der Waals surface area (Å²) >= 11 is 0. The highest BCUT2D eigenvalue weighted by Crippen LogP contribution is 2.20. The van der Waals surface area contributed by atoms with Crippen molar-refractivity contribution < 1.29 is 0 Å². The van der Waals surface area contributed by atoms with Crippen molar-refractivity contribution in [2.24, 2.45) is 11.8 Å². The van der Waals surface area contributed by atoms with Crippen molar-refractivity contribution in [2.45, 2.75) is 124 Å². The van der Waals surface area contributed by atoms with Gasteiger partial charge in [-0.15, -0.1) is 0 Å². The number of hydrogen-bond acceptors (Lipinski definition) is 0. The maximum atomic E-state index is 2.46. The summed E-state index contributed by atoms with van der Waals surface area (Å²) in [5, 5.41) is 0. The Morgan fingerprint density at radius 3 is 1.43 bits per heavy atom. The predicted octanol–water partition coefficient (Wildman–Crippen LogP) is 8.15. The van der Waals surface area contributed by atoms with E-state index in [0.29, 0.717) is 0 Å². The molecule has 0 saturated carbocycles. The van der Waals surface area contributed by atoms with Crippen LogP contribution in [0.15, 0.2) is 0 Å². The molecule has 0 spiro atoms. The quantitative estimate of drug-likeness (QED) is 0.252. The minimum Gasteiger partial charge on any atom is -0.0654 e. The highest BCUT2D eigenvalue weighted by atomic mass is 14.1. The molecule has 128 valence electrons. The van der Waals surface area contributed by atoms with Gasteiger partial charge in [0.15, 0.2) is 0 Å². The average molecular weight is 297 g/mol. The molecule has 0 aromatic rings. The Morgan fingerprint density at radius 2 is 0.905 bits per heavy atom. The van der Waals surface area contributed by atoms with Gasteiger partial charge in [0.2, 0.25) is 0 Å². The van der Waals surface area contributed by atoms with Gasteiger partial charge in [-0.25, -0.2) is 0 Å². The van der Waals surface area contributed by atoms with Gasteiger partial charge >= 0.3 is 0 Å². The molecule has 0 aliphatic rings. The summed E-state index contributed by atoms with van der Waals surface area (Å²) in [7, 11) is 0. The molecule has 0 aliphatic carbocycles. The van der Waals surface area contributed by atoms with Crippen molar-refractivity contribution >= 4 is 0 Å². The Hall–Kier alpha value is 0. The zero-order valence-electron chi connectivity index (χ0n) is 15.8. The van der Waals surface area contributed by atoms with E-state index in [-0.39, 0.29) is 0 Å². The molecule has 0 saturated heterocycles. The van der Waals surface area contributed by atoms with Gasteiger partial charge in [-0.3, -0.25) is 0 Å². The Bertz CT molecular complexity index is 184. The molecule has 0 bridgehead atoms. The minimum absolute atomic E-state index is 0.939. The Morgan fingerprint density at radius 1 is 0.476 bits per heavy atom. The van der Waals surface area contributed by atoms with Crippen molar-refractivity contribution in [3.05, 3.63) is 0 Å². The SMILES string of the molecule is CCCCCCCCCCCC[C@H](C)CCC[C@H](C)CC. The van der Waals surface area contributed by atoms with E-state index in [1.54, 1.807) is 0 Å². The normalized spacial score (nSPS) is 14.3. The lowest BCUT2D eigenvalue weighted by molar-refractivity contribution is 0.405. The first kappa shape index (κ1) is 21.0. The number of unbranched alkanes of at least 4 members (excludes halogenated alkanes) is 9. The highest BCUT2D eigenvalue weighted by molar-refractivity contribution is 4.57. The zero-order valence-corrected chi connectivity index (χ0v) is 15.8. The van der Waals surface area contributed by atoms with Gasteiger partial charge in [0, 0.05) is 0 Å². The number of hydrogen-bond donors (Lipinski definition) is 0. The van der Waals surface area contributed by atoms with E-state index < -0.39 is 0 Å². The fraction of sp³-hybridized carbons (Fsp3) is 1.00. The van der Waals surface area contributed by atoms with Crippen molar-refractivity contribution in [3.8, 4) is 0 Å². The summed E-state index contributed by atoms with van der Waals surface area (Å²) in [5.41, 5.74) is 0. The molecule has 0 nitrogen and oxygen atoms in total. The van der Waals surface area contributed by atoms with Gasteiger partial charge in [0.1, 0.15) is 0 Å². The van der Waals surface area contributed by atoms with Gasteiger partial charge in [-0.1, -0.05) is 124 Å². The van der Waals surface area contributed by atoms with Gasteiger partial charge in [-0.2, -0.15) is 0 Å². The van der Waals surface area contributed by atoms with Crippen LogP contribution in [0.3, 0.4) is 0 Å². The minimum atomic E-state index is 0.939. The van der Waals surface area contributed by atoms with Crippen molar-refractivity contribution in [3.63, 3.8) is 0 Å². The molecular formula is C21H44. The molecule has 0 heteroatoms. The van der Waals surface area contributed by atoms with E-state index in [0.717, 1.165) is 11.8 Å². The van der Waals surface area contributed by atoms with Crippen LogP contribution in [0.2, 0.25) is 0 Å². The molecule has 0 N–H and O–H groups in total. The second-order valence-corrected chi connectivity index (χ2v) is 7.52. The maximum absolute atomic E-state index is 2.46. The first-order valence-corrected chi connectivity index (χ1v) is 10.2. The van der Waals surface area contributed by atoms with Crippen LogP contribution < -0.4 is 0 Å². The van der Waals surface area contributed by atoms with Crippen LogP contribution >= 0.6 is 0 Å². The van der Waals surface area contributed by atoms with Crippen LogP contribution in [0, 0.1) is 11.8 Å². The molecular weight excluding hydrogens is 252 g/mol. The van der Waals surface area contributed by atoms with Crippen molar-refractivity contribution in [1.29, 1.82) is 0 Å². The lowest BCUT2D eigenvalue weighted by Gasteiger charge is -2.13. The summed E-state index contributed by atoms with van der Waals surface area (Å²) in [6, 6.07) is 0. The molecule has 0 rings (SSSR count). The van der Waals surface area contributed by atoms with Crippen LogP contribution in [0.25, 0.3) is 0 Å². The van der Waals surface area contributed by atoms with E-state index in [1.165, 1.54) is 96.3 Å². The van der Waals surface area contributed by atoms with Gasteiger partial charge in [-0.05, 0) is 11.8 Å². The van der Waals surface area contributed by atoms with Gasteiger partial charge in [0.25, 0.3) is 0 Å². The molecule has 0 aromatic carbocycles. The lowest BCUT2D eigenvalue weighted by Crippen LogP contribution is -1.98. The molecule has 0 heterocycles. The molecule has 0 radical (unpaired) electrons. The van der Waals surface area contributed by atoms with E-state index in [1.807, 2.05) is 0 Å². The monoisotopic (exact) mass is 296 g/mol. The number of rotatable bonds is 16. The maximum Gasteiger partial charge on any atom is -0.0443 e. The van der Waals surface area contributed by atoms with E-state index >= 15 is 0 Å². The van der Waals surface area contributed by atoms with Crippen molar-refractivity contribution in [1.82, 2.24) is 0 Å². The summed E-state index contributed by atoms with van der Waals surface area (Å²) < 4.78 is 0. The van der Waals surface area contributed by atoms with E-state index in [4.69, 9.17) is 0 Å². The predicted molar refractivity (Wildman–Crippen MR) is 98.9 cm³/mol. The third kappa shape index (κ3) is 16.2. The summed E-state index contributed by atoms with van der Waals surface area (Å²) in [4.78, 5) is 0. The average Bonchev–Trinajstić information content (AvgIpc) is 2.49. The van der Waals surface area contributed by atoms with Crippen LogP contribution in [-0.2, 0) is 0 Å². The summed E-state index contributed by atoms with van der Waals surface area (Å²) in [5.74, 6) is 1.90. The Balaban J connectivity index is 3.16. The van der Waals surface area contributed by atoms with E-state index in [2.05, 4.69) is 27.7 Å². The molecule has 2 atom stereocenters. The Labute approximate surface area is 136 Å². The fourth-order valence-corrected chi connectivity index (χ4v) is 3.14. The third-order valence-electron chi connectivity index (χ3n) is 5.14. The Kier molecular flexibility index (Phi) is 16.4. The van der Waals surface area contributed by atoms with Crippen molar-refractivity contribution in [2.75, 3.05) is 0 Å². The van der Waals surface area contributed by atoms with Crippen LogP contribution in [0.4, 0.5) is 0 Å². The van der Waals surface area contributed by atoms with Crippen LogP contribution in [0.5, 0.6) is 0 Å². The molecule has 0 amide bonds. The smallest absolute Gasteiger partial charge is 0.0443 e. The fourth-order valence-electron chi connectivity index (χ4n) is 3.14. The largest absolute Gasteiger partial charge is 0.0654 e. The first-order chi connectivity index (χ1) is 10.2. The first-order valence-electron chi connectivity index (χ1n) is 10.2. The third-order valence-corrected chi connectivity index (χ3v) is 5.14. The second-order valence-electron chi connectivity index (χ2n) is 7.52. The van der Waals surface area contributed by atoms with Crippen LogP contribution in [-0.4, -0.2) is 0 Å². The molecule has 0 unspecified atom stereocenters. The topological polar surface area (TPSA) is 0 Å². The van der Waals surface area contributed by atoms with Crippen LogP contribution in [0.1, 0.15) is 124 Å².